The maximum absolute atomic E-state index is 11.2. The van der Waals surface area contributed by atoms with Crippen LogP contribution in [0, 0.1) is 0 Å². The van der Waals surface area contributed by atoms with E-state index in [1.165, 1.54) is 0 Å². The molecule has 1 N–H and O–H groups in total. The van der Waals surface area contributed by atoms with Gasteiger partial charge in [0.05, 0.1) is 17.6 Å². The second-order valence-corrected chi connectivity index (χ2v) is 6.91. The minimum absolute atomic E-state index is 0.177. The fourth-order valence-corrected chi connectivity index (χ4v) is 3.52. The Balaban J connectivity index is 1.96. The molecule has 1 aliphatic heterocycles. The Labute approximate surface area is 98.7 Å². The molecule has 0 spiro atoms. The average molecular weight is 249 g/mol. The summed E-state index contributed by atoms with van der Waals surface area (Å²) in [5.74, 6) is 0.663. The van der Waals surface area contributed by atoms with Crippen LogP contribution in [0.4, 0.5) is 0 Å². The summed E-state index contributed by atoms with van der Waals surface area (Å²) in [5, 5.41) is 3.29. The Kier molecular flexibility index (Phi) is 5.72. The van der Waals surface area contributed by atoms with Crippen LogP contribution in [-0.2, 0) is 14.6 Å². The SMILES string of the molecule is CC(C)OCCCCNC1CCS(=O)(=O)C1. The number of unbranched alkanes of at least 4 members (excludes halogenated alkanes) is 1. The third-order valence-electron chi connectivity index (χ3n) is 2.69. The van der Waals surface area contributed by atoms with Crippen molar-refractivity contribution in [3.63, 3.8) is 0 Å². The average Bonchev–Trinajstić information content (AvgIpc) is 2.51. The Bertz CT molecular complexity index is 288. The molecule has 1 aliphatic rings. The molecule has 4 nitrogen and oxygen atoms in total. The van der Waals surface area contributed by atoms with Gasteiger partial charge in [-0.1, -0.05) is 0 Å². The molecular formula is C11H23NO3S. The number of sulfone groups is 1. The highest BCUT2D eigenvalue weighted by molar-refractivity contribution is 7.91. The van der Waals surface area contributed by atoms with Crippen LogP contribution in [0.25, 0.3) is 0 Å². The van der Waals surface area contributed by atoms with Gasteiger partial charge in [0.25, 0.3) is 0 Å². The highest BCUT2D eigenvalue weighted by atomic mass is 32.2. The van der Waals surface area contributed by atoms with E-state index < -0.39 is 9.84 Å². The maximum Gasteiger partial charge on any atom is 0.151 e. The lowest BCUT2D eigenvalue weighted by atomic mass is 10.2. The first kappa shape index (κ1) is 13.9. The molecule has 1 unspecified atom stereocenters. The molecule has 1 saturated heterocycles. The second-order valence-electron chi connectivity index (χ2n) is 4.68. The summed E-state index contributed by atoms with van der Waals surface area (Å²) in [4.78, 5) is 0. The van der Waals surface area contributed by atoms with Crippen LogP contribution in [0.2, 0.25) is 0 Å². The van der Waals surface area contributed by atoms with Crippen molar-refractivity contribution in [2.45, 2.75) is 45.3 Å². The van der Waals surface area contributed by atoms with Crippen LogP contribution in [0.15, 0.2) is 0 Å². The minimum Gasteiger partial charge on any atom is -0.379 e. The lowest BCUT2D eigenvalue weighted by molar-refractivity contribution is 0.0759. The molecule has 0 aromatic rings. The van der Waals surface area contributed by atoms with Gasteiger partial charge in [-0.15, -0.1) is 0 Å². The summed E-state index contributed by atoms with van der Waals surface area (Å²) in [5.41, 5.74) is 0. The lowest BCUT2D eigenvalue weighted by Gasteiger charge is -2.11. The van der Waals surface area contributed by atoms with Crippen molar-refractivity contribution in [2.24, 2.45) is 0 Å². The van der Waals surface area contributed by atoms with Gasteiger partial charge in [0.1, 0.15) is 0 Å². The van der Waals surface area contributed by atoms with E-state index in [1.807, 2.05) is 13.8 Å². The van der Waals surface area contributed by atoms with E-state index >= 15 is 0 Å². The van der Waals surface area contributed by atoms with Crippen LogP contribution in [0.1, 0.15) is 33.1 Å². The monoisotopic (exact) mass is 249 g/mol. The zero-order chi connectivity index (χ0) is 12.0. The number of nitrogens with one attached hydrogen (secondary N) is 1. The molecule has 0 amide bonds. The predicted octanol–water partition coefficient (Wildman–Crippen LogP) is 0.968. The zero-order valence-corrected chi connectivity index (χ0v) is 11.1. The van der Waals surface area contributed by atoms with E-state index in [0.29, 0.717) is 17.6 Å². The topological polar surface area (TPSA) is 55.4 Å². The van der Waals surface area contributed by atoms with Crippen LogP contribution >= 0.6 is 0 Å². The molecule has 1 heterocycles. The van der Waals surface area contributed by atoms with E-state index in [2.05, 4.69) is 5.32 Å². The molecule has 0 bridgehead atoms. The quantitative estimate of drug-likeness (QED) is 0.683. The van der Waals surface area contributed by atoms with Gasteiger partial charge in [-0.25, -0.2) is 8.42 Å². The standard InChI is InChI=1S/C11H23NO3S/c1-10(2)15-7-4-3-6-12-11-5-8-16(13,14)9-11/h10-12H,3-9H2,1-2H3. The zero-order valence-electron chi connectivity index (χ0n) is 10.2. The molecule has 0 aliphatic carbocycles. The van der Waals surface area contributed by atoms with Gasteiger partial charge in [0.2, 0.25) is 0 Å². The summed E-state index contributed by atoms with van der Waals surface area (Å²) in [6, 6.07) is 0.177. The Morgan fingerprint density at radius 1 is 1.38 bits per heavy atom. The molecule has 16 heavy (non-hydrogen) atoms. The number of hydrogen-bond donors (Lipinski definition) is 1. The number of ether oxygens (including phenoxy) is 1. The predicted molar refractivity (Wildman–Crippen MR) is 65.4 cm³/mol. The van der Waals surface area contributed by atoms with E-state index in [9.17, 15) is 8.42 Å². The van der Waals surface area contributed by atoms with Gasteiger partial charge in [-0.3, -0.25) is 0 Å². The third kappa shape index (κ3) is 5.82. The van der Waals surface area contributed by atoms with E-state index in [-0.39, 0.29) is 6.04 Å². The Morgan fingerprint density at radius 3 is 2.69 bits per heavy atom. The normalized spacial score (nSPS) is 24.1. The van der Waals surface area contributed by atoms with Crippen LogP contribution in [0.3, 0.4) is 0 Å². The number of rotatable bonds is 7. The summed E-state index contributed by atoms with van der Waals surface area (Å²) in [6.07, 6.45) is 3.14. The van der Waals surface area contributed by atoms with Gasteiger partial charge >= 0.3 is 0 Å². The molecule has 1 rings (SSSR count). The van der Waals surface area contributed by atoms with Crippen molar-refractivity contribution in [1.29, 1.82) is 0 Å². The van der Waals surface area contributed by atoms with Crippen LogP contribution in [-0.4, -0.2) is 45.2 Å². The first-order chi connectivity index (χ1) is 7.49. The molecule has 0 saturated carbocycles. The minimum atomic E-state index is -2.74. The van der Waals surface area contributed by atoms with E-state index in [4.69, 9.17) is 4.74 Å². The van der Waals surface area contributed by atoms with E-state index in [0.717, 1.165) is 32.4 Å². The lowest BCUT2D eigenvalue weighted by Crippen LogP contribution is -2.30. The van der Waals surface area contributed by atoms with E-state index in [1.54, 1.807) is 0 Å². The summed E-state index contributed by atoms with van der Waals surface area (Å²) in [6.45, 7) is 5.74. The first-order valence-corrected chi connectivity index (χ1v) is 7.87. The highest BCUT2D eigenvalue weighted by Gasteiger charge is 2.26. The summed E-state index contributed by atoms with van der Waals surface area (Å²) < 4.78 is 27.8. The van der Waals surface area contributed by atoms with Gasteiger partial charge in [-0.2, -0.15) is 0 Å². The molecule has 1 atom stereocenters. The van der Waals surface area contributed by atoms with Crippen molar-refractivity contribution in [3.05, 3.63) is 0 Å². The summed E-state index contributed by atoms with van der Waals surface area (Å²) >= 11 is 0. The van der Waals surface area contributed by atoms with Crippen molar-refractivity contribution in [1.82, 2.24) is 5.32 Å². The molecule has 5 heteroatoms. The van der Waals surface area contributed by atoms with Crippen molar-refractivity contribution >= 4 is 9.84 Å². The molecule has 0 aromatic carbocycles. The fraction of sp³-hybridized carbons (Fsp3) is 1.00. The maximum atomic E-state index is 11.2. The van der Waals surface area contributed by atoms with Gasteiger partial charge in [0.15, 0.2) is 9.84 Å². The molecule has 0 radical (unpaired) electrons. The molecule has 96 valence electrons. The van der Waals surface area contributed by atoms with Gasteiger partial charge in [0, 0.05) is 12.6 Å². The third-order valence-corrected chi connectivity index (χ3v) is 4.46. The molecular weight excluding hydrogens is 226 g/mol. The largest absolute Gasteiger partial charge is 0.379 e. The van der Waals surface area contributed by atoms with Crippen molar-refractivity contribution in [2.75, 3.05) is 24.7 Å². The van der Waals surface area contributed by atoms with Gasteiger partial charge in [-0.05, 0) is 39.7 Å². The van der Waals surface area contributed by atoms with Crippen molar-refractivity contribution < 1.29 is 13.2 Å². The highest BCUT2D eigenvalue weighted by Crippen LogP contribution is 2.11. The van der Waals surface area contributed by atoms with Crippen molar-refractivity contribution in [3.8, 4) is 0 Å². The van der Waals surface area contributed by atoms with Gasteiger partial charge < -0.3 is 10.1 Å². The second kappa shape index (κ2) is 6.57. The van der Waals surface area contributed by atoms with Crippen LogP contribution in [0.5, 0.6) is 0 Å². The molecule has 1 fully saturated rings. The fourth-order valence-electron chi connectivity index (χ4n) is 1.81. The molecule has 0 aromatic heterocycles. The smallest absolute Gasteiger partial charge is 0.151 e. The van der Waals surface area contributed by atoms with Crippen LogP contribution < -0.4 is 5.32 Å². The Hall–Kier alpha value is -0.130. The number of hydrogen-bond acceptors (Lipinski definition) is 4. The first-order valence-electron chi connectivity index (χ1n) is 6.05. The summed E-state index contributed by atoms with van der Waals surface area (Å²) in [7, 11) is -2.74. The Morgan fingerprint density at radius 2 is 2.12 bits per heavy atom.